The van der Waals surface area contributed by atoms with Crippen LogP contribution in [0.25, 0.3) is 5.57 Å². The summed E-state index contributed by atoms with van der Waals surface area (Å²) in [4.78, 5) is 15.7. The summed E-state index contributed by atoms with van der Waals surface area (Å²) < 4.78 is 10.6. The SMILES string of the molecule is COC1=NC=C(c2cc(N3CCOCC3)nc(C)n2)CC=C1. The highest BCUT2D eigenvalue weighted by Gasteiger charge is 2.15. The lowest BCUT2D eigenvalue weighted by atomic mass is 10.1. The minimum Gasteiger partial charge on any atom is -0.481 e. The molecule has 1 fully saturated rings. The van der Waals surface area contributed by atoms with Crippen LogP contribution in [0.5, 0.6) is 0 Å². The number of aryl methyl sites for hydroxylation is 1. The second-order valence-electron chi connectivity index (χ2n) is 5.19. The quantitative estimate of drug-likeness (QED) is 0.835. The first-order valence-corrected chi connectivity index (χ1v) is 7.42. The van der Waals surface area contributed by atoms with Gasteiger partial charge in [0.15, 0.2) is 0 Å². The smallest absolute Gasteiger partial charge is 0.212 e. The van der Waals surface area contributed by atoms with Crippen LogP contribution in [-0.4, -0.2) is 49.3 Å². The summed E-state index contributed by atoms with van der Waals surface area (Å²) in [5, 5.41) is 0. The van der Waals surface area contributed by atoms with E-state index in [1.165, 1.54) is 0 Å². The Morgan fingerprint density at radius 3 is 2.82 bits per heavy atom. The molecule has 0 bridgehead atoms. The highest BCUT2D eigenvalue weighted by molar-refractivity contribution is 5.90. The van der Waals surface area contributed by atoms with Gasteiger partial charge in [0, 0.05) is 30.9 Å². The molecule has 6 nitrogen and oxygen atoms in total. The van der Waals surface area contributed by atoms with E-state index in [9.17, 15) is 0 Å². The highest BCUT2D eigenvalue weighted by atomic mass is 16.5. The number of rotatable bonds is 2. The van der Waals surface area contributed by atoms with Gasteiger partial charge in [-0.1, -0.05) is 6.08 Å². The predicted molar refractivity (Wildman–Crippen MR) is 86.0 cm³/mol. The van der Waals surface area contributed by atoms with Gasteiger partial charge in [-0.2, -0.15) is 0 Å². The number of nitrogens with zero attached hydrogens (tertiary/aromatic N) is 4. The Balaban J connectivity index is 1.90. The molecule has 3 rings (SSSR count). The van der Waals surface area contributed by atoms with Crippen molar-refractivity contribution >= 4 is 17.3 Å². The van der Waals surface area contributed by atoms with Crippen molar-refractivity contribution in [1.82, 2.24) is 9.97 Å². The monoisotopic (exact) mass is 300 g/mol. The van der Waals surface area contributed by atoms with Crippen LogP contribution in [0, 0.1) is 6.92 Å². The summed E-state index contributed by atoms with van der Waals surface area (Å²) in [6.07, 6.45) is 6.51. The molecule has 0 aliphatic carbocycles. The van der Waals surface area contributed by atoms with Crippen molar-refractivity contribution in [2.45, 2.75) is 13.3 Å². The molecular weight excluding hydrogens is 280 g/mol. The van der Waals surface area contributed by atoms with E-state index >= 15 is 0 Å². The number of allylic oxidation sites excluding steroid dienone is 2. The minimum absolute atomic E-state index is 0.606. The fourth-order valence-electron chi connectivity index (χ4n) is 2.49. The highest BCUT2D eigenvalue weighted by Crippen LogP contribution is 2.23. The molecule has 0 unspecified atom stereocenters. The number of hydrogen-bond acceptors (Lipinski definition) is 6. The third-order valence-electron chi connectivity index (χ3n) is 3.64. The molecule has 116 valence electrons. The van der Waals surface area contributed by atoms with Gasteiger partial charge >= 0.3 is 0 Å². The van der Waals surface area contributed by atoms with Gasteiger partial charge in [0.1, 0.15) is 11.6 Å². The number of morpholine rings is 1. The van der Waals surface area contributed by atoms with Crippen LogP contribution in [0.1, 0.15) is 17.9 Å². The van der Waals surface area contributed by atoms with Crippen LogP contribution in [0.4, 0.5) is 5.82 Å². The van der Waals surface area contributed by atoms with E-state index in [4.69, 9.17) is 9.47 Å². The molecule has 6 heteroatoms. The lowest BCUT2D eigenvalue weighted by molar-refractivity contribution is 0.122. The van der Waals surface area contributed by atoms with E-state index < -0.39 is 0 Å². The molecule has 0 aromatic carbocycles. The summed E-state index contributed by atoms with van der Waals surface area (Å²) in [5.41, 5.74) is 1.98. The lowest BCUT2D eigenvalue weighted by Gasteiger charge is -2.28. The summed E-state index contributed by atoms with van der Waals surface area (Å²) in [7, 11) is 1.62. The zero-order valence-electron chi connectivity index (χ0n) is 13.0. The minimum atomic E-state index is 0.606. The van der Waals surface area contributed by atoms with Gasteiger partial charge in [0.05, 0.1) is 26.0 Å². The first kappa shape index (κ1) is 14.7. The molecule has 0 amide bonds. The van der Waals surface area contributed by atoms with Crippen LogP contribution in [0.3, 0.4) is 0 Å². The first-order chi connectivity index (χ1) is 10.8. The molecule has 1 aromatic rings. The number of aliphatic imine (C=N–C) groups is 1. The van der Waals surface area contributed by atoms with E-state index in [1.54, 1.807) is 7.11 Å². The zero-order valence-corrected chi connectivity index (χ0v) is 13.0. The maximum Gasteiger partial charge on any atom is 0.212 e. The maximum atomic E-state index is 5.40. The second-order valence-corrected chi connectivity index (χ2v) is 5.19. The Morgan fingerprint density at radius 1 is 1.23 bits per heavy atom. The average Bonchev–Trinajstić information content (AvgIpc) is 2.80. The Morgan fingerprint density at radius 2 is 2.05 bits per heavy atom. The largest absolute Gasteiger partial charge is 0.481 e. The fraction of sp³-hybridized carbons (Fsp3) is 0.438. The molecule has 2 aliphatic rings. The van der Waals surface area contributed by atoms with Gasteiger partial charge in [-0.25, -0.2) is 15.0 Å². The molecule has 0 saturated carbocycles. The van der Waals surface area contributed by atoms with Crippen LogP contribution in [0.2, 0.25) is 0 Å². The Bertz CT molecular complexity index is 631. The van der Waals surface area contributed by atoms with Crippen LogP contribution in [-0.2, 0) is 9.47 Å². The van der Waals surface area contributed by atoms with Crippen LogP contribution >= 0.6 is 0 Å². The Labute approximate surface area is 130 Å². The first-order valence-electron chi connectivity index (χ1n) is 7.42. The summed E-state index contributed by atoms with van der Waals surface area (Å²) >= 11 is 0. The second kappa shape index (κ2) is 6.70. The van der Waals surface area contributed by atoms with E-state index in [1.807, 2.05) is 31.3 Å². The molecule has 1 saturated heterocycles. The number of ether oxygens (including phenoxy) is 2. The van der Waals surface area contributed by atoms with Crippen LogP contribution in [0.15, 0.2) is 29.4 Å². The van der Waals surface area contributed by atoms with Crippen LogP contribution < -0.4 is 4.90 Å². The van der Waals surface area contributed by atoms with Crippen molar-refractivity contribution in [3.05, 3.63) is 35.9 Å². The number of hydrogen-bond donors (Lipinski definition) is 0. The van der Waals surface area contributed by atoms with Crippen molar-refractivity contribution in [2.75, 3.05) is 38.3 Å². The predicted octanol–water partition coefficient (Wildman–Crippen LogP) is 1.97. The van der Waals surface area contributed by atoms with Crippen molar-refractivity contribution in [2.24, 2.45) is 4.99 Å². The maximum absolute atomic E-state index is 5.40. The van der Waals surface area contributed by atoms with Crippen molar-refractivity contribution < 1.29 is 9.47 Å². The third kappa shape index (κ3) is 3.33. The normalized spacial score (nSPS) is 18.5. The molecule has 0 N–H and O–H groups in total. The van der Waals surface area contributed by atoms with E-state index in [0.29, 0.717) is 5.90 Å². The van der Waals surface area contributed by atoms with E-state index in [0.717, 1.165) is 55.6 Å². The fourth-order valence-corrected chi connectivity index (χ4v) is 2.49. The molecule has 0 atom stereocenters. The van der Waals surface area contributed by atoms with Gasteiger partial charge in [-0.3, -0.25) is 0 Å². The van der Waals surface area contributed by atoms with Gasteiger partial charge in [-0.05, 0) is 19.4 Å². The van der Waals surface area contributed by atoms with Gasteiger partial charge < -0.3 is 14.4 Å². The zero-order chi connectivity index (χ0) is 15.4. The number of anilines is 1. The van der Waals surface area contributed by atoms with E-state index in [-0.39, 0.29) is 0 Å². The molecule has 3 heterocycles. The molecule has 0 radical (unpaired) electrons. The lowest BCUT2D eigenvalue weighted by Crippen LogP contribution is -2.37. The summed E-state index contributed by atoms with van der Waals surface area (Å²) in [6, 6.07) is 2.03. The topological polar surface area (TPSA) is 59.8 Å². The molecule has 22 heavy (non-hydrogen) atoms. The molecular formula is C16H20N4O2. The Hall–Kier alpha value is -2.21. The van der Waals surface area contributed by atoms with Gasteiger partial charge in [0.2, 0.25) is 5.90 Å². The Kier molecular flexibility index (Phi) is 4.48. The number of aromatic nitrogens is 2. The van der Waals surface area contributed by atoms with Gasteiger partial charge in [-0.15, -0.1) is 0 Å². The standard InChI is InChI=1S/C16H20N4O2/c1-12-18-14(13-4-3-5-16(21-2)17-11-13)10-15(19-12)20-6-8-22-9-7-20/h3,5,10-11H,4,6-9H2,1-2H3. The molecule has 1 aromatic heterocycles. The summed E-state index contributed by atoms with van der Waals surface area (Å²) in [6.45, 7) is 5.13. The molecule has 2 aliphatic heterocycles. The van der Waals surface area contributed by atoms with Crippen molar-refractivity contribution in [1.29, 1.82) is 0 Å². The third-order valence-corrected chi connectivity index (χ3v) is 3.64. The van der Waals surface area contributed by atoms with E-state index in [2.05, 4.69) is 19.9 Å². The van der Waals surface area contributed by atoms with Crippen molar-refractivity contribution in [3.8, 4) is 0 Å². The number of methoxy groups -OCH3 is 1. The van der Waals surface area contributed by atoms with Crippen molar-refractivity contribution in [3.63, 3.8) is 0 Å². The molecule has 0 spiro atoms. The van der Waals surface area contributed by atoms with Gasteiger partial charge in [0.25, 0.3) is 0 Å². The average molecular weight is 300 g/mol. The summed E-state index contributed by atoms with van der Waals surface area (Å²) in [5.74, 6) is 2.33.